The van der Waals surface area contributed by atoms with Gasteiger partial charge in [-0.1, -0.05) is 18.2 Å². The molecule has 0 saturated carbocycles. The van der Waals surface area contributed by atoms with E-state index in [4.69, 9.17) is 0 Å². The van der Waals surface area contributed by atoms with Crippen molar-refractivity contribution >= 4 is 37.4 Å². The average Bonchev–Trinajstić information content (AvgIpc) is 2.43. The van der Waals surface area contributed by atoms with Crippen LogP contribution in [0.3, 0.4) is 0 Å². The fourth-order valence-electron chi connectivity index (χ4n) is 1.76. The molecule has 0 spiro atoms. The highest BCUT2D eigenvalue weighted by atomic mass is 79.9. The molecule has 1 aromatic rings. The van der Waals surface area contributed by atoms with E-state index in [0.29, 0.717) is 15.6 Å². The summed E-state index contributed by atoms with van der Waals surface area (Å²) in [6.45, 7) is 3.27. The molecule has 0 atom stereocenters. The molecule has 0 aromatic heterocycles. The lowest BCUT2D eigenvalue weighted by atomic mass is 9.98. The van der Waals surface area contributed by atoms with E-state index in [1.54, 1.807) is 32.0 Å². The molecule has 0 radical (unpaired) electrons. The number of benzene rings is 1. The molecule has 0 fully saturated rings. The number of halogens is 1. The monoisotopic (exact) mass is 353 g/mol. The first-order valence-electron chi connectivity index (χ1n) is 5.82. The number of rotatable bonds is 2. The van der Waals surface area contributed by atoms with Gasteiger partial charge in [0, 0.05) is 5.57 Å². The fraction of sp³-hybridized carbons (Fsp3) is 0.143. The smallest absolute Gasteiger partial charge is 0.282 e. The Labute approximate surface area is 126 Å². The maximum atomic E-state index is 12.2. The Hall–Kier alpha value is -1.53. The van der Waals surface area contributed by atoms with Crippen molar-refractivity contribution in [2.75, 3.05) is 0 Å². The highest BCUT2D eigenvalue weighted by Gasteiger charge is 2.22. The third-order valence-corrected chi connectivity index (χ3v) is 5.17. The first-order valence-corrected chi connectivity index (χ1v) is 8.06. The minimum absolute atomic E-state index is 0.118. The van der Waals surface area contributed by atoms with Crippen LogP contribution in [0.4, 0.5) is 0 Å². The number of nitrogens with zero attached hydrogens (tertiary/aromatic N) is 1. The Balaban J connectivity index is 2.54. The van der Waals surface area contributed by atoms with Crippen LogP contribution in [0.25, 0.3) is 0 Å². The van der Waals surface area contributed by atoms with E-state index in [2.05, 4.69) is 20.3 Å². The lowest BCUT2D eigenvalue weighted by molar-refractivity contribution is -0.112. The van der Waals surface area contributed by atoms with Gasteiger partial charge in [-0.15, -0.1) is 0 Å². The molecule has 4 nitrogen and oxygen atoms in total. The van der Waals surface area contributed by atoms with Crippen LogP contribution in [0, 0.1) is 0 Å². The lowest BCUT2D eigenvalue weighted by Gasteiger charge is -2.12. The van der Waals surface area contributed by atoms with Crippen molar-refractivity contribution < 1.29 is 13.2 Å². The average molecular weight is 354 g/mol. The molecule has 1 aliphatic rings. The van der Waals surface area contributed by atoms with Gasteiger partial charge < -0.3 is 0 Å². The maximum absolute atomic E-state index is 12.2. The number of hydrogen-bond donors (Lipinski definition) is 0. The lowest BCUT2D eigenvalue weighted by Crippen LogP contribution is -2.15. The number of hydrogen-bond acceptors (Lipinski definition) is 3. The van der Waals surface area contributed by atoms with Gasteiger partial charge in [-0.05, 0) is 53.6 Å². The van der Waals surface area contributed by atoms with Crippen molar-refractivity contribution in [1.82, 2.24) is 0 Å². The summed E-state index contributed by atoms with van der Waals surface area (Å²) in [6, 6.07) is 7.96. The SMILES string of the molecule is CC1=CC(=NS(=O)(=O)c2ccccc2)C(Br)=C(C)C1=O. The van der Waals surface area contributed by atoms with Gasteiger partial charge in [0.25, 0.3) is 10.0 Å². The molecular formula is C14H12BrNO3S. The van der Waals surface area contributed by atoms with E-state index in [1.165, 1.54) is 18.2 Å². The Kier molecular flexibility index (Phi) is 4.06. The van der Waals surface area contributed by atoms with E-state index >= 15 is 0 Å². The molecule has 0 bridgehead atoms. The molecule has 20 heavy (non-hydrogen) atoms. The maximum Gasteiger partial charge on any atom is 0.282 e. The van der Waals surface area contributed by atoms with Crippen molar-refractivity contribution in [2.24, 2.45) is 4.40 Å². The normalized spacial score (nSPS) is 18.4. The van der Waals surface area contributed by atoms with E-state index in [9.17, 15) is 13.2 Å². The first kappa shape index (κ1) is 14.9. The summed E-state index contributed by atoms with van der Waals surface area (Å²) < 4.78 is 28.6. The first-order chi connectivity index (χ1) is 9.33. The van der Waals surface area contributed by atoms with Gasteiger partial charge >= 0.3 is 0 Å². The molecule has 0 heterocycles. The van der Waals surface area contributed by atoms with Crippen molar-refractivity contribution in [3.8, 4) is 0 Å². The van der Waals surface area contributed by atoms with Gasteiger partial charge in [-0.25, -0.2) is 0 Å². The van der Waals surface area contributed by atoms with Crippen molar-refractivity contribution in [2.45, 2.75) is 18.7 Å². The zero-order valence-electron chi connectivity index (χ0n) is 10.9. The molecule has 1 aromatic carbocycles. The number of carbonyl (C=O) groups excluding carboxylic acids is 1. The molecule has 1 aliphatic carbocycles. The third kappa shape index (κ3) is 2.81. The Morgan fingerprint density at radius 2 is 1.70 bits per heavy atom. The van der Waals surface area contributed by atoms with Crippen LogP contribution < -0.4 is 0 Å². The zero-order valence-corrected chi connectivity index (χ0v) is 13.3. The second kappa shape index (κ2) is 5.46. The van der Waals surface area contributed by atoms with E-state index < -0.39 is 10.0 Å². The predicted octanol–water partition coefficient (Wildman–Crippen LogP) is 3.01. The Morgan fingerprint density at radius 3 is 2.30 bits per heavy atom. The Bertz CT molecular complexity index is 759. The minimum Gasteiger partial charge on any atom is -0.289 e. The summed E-state index contributed by atoms with van der Waals surface area (Å²) in [4.78, 5) is 11.9. The van der Waals surface area contributed by atoms with Crippen LogP contribution in [0.2, 0.25) is 0 Å². The van der Waals surface area contributed by atoms with Gasteiger partial charge in [0.2, 0.25) is 0 Å². The molecular weight excluding hydrogens is 342 g/mol. The molecule has 0 aliphatic heterocycles. The summed E-state index contributed by atoms with van der Waals surface area (Å²) in [6.07, 6.45) is 1.47. The van der Waals surface area contributed by atoms with E-state index in [-0.39, 0.29) is 16.4 Å². The van der Waals surface area contributed by atoms with E-state index in [0.717, 1.165) is 0 Å². The summed E-state index contributed by atoms with van der Waals surface area (Å²) in [5.74, 6) is -0.118. The van der Waals surface area contributed by atoms with Crippen molar-refractivity contribution in [1.29, 1.82) is 0 Å². The van der Waals surface area contributed by atoms with Crippen LogP contribution in [-0.2, 0) is 14.8 Å². The molecule has 0 N–H and O–H groups in total. The van der Waals surface area contributed by atoms with Crippen LogP contribution in [0.15, 0.2) is 61.3 Å². The summed E-state index contributed by atoms with van der Waals surface area (Å²) in [7, 11) is -3.79. The number of Topliss-reactive ketones (excluding diaryl/α,β-unsaturated/α-hetero) is 1. The topological polar surface area (TPSA) is 63.6 Å². The number of carbonyl (C=O) groups is 1. The molecule has 0 unspecified atom stereocenters. The summed E-state index contributed by atoms with van der Waals surface area (Å²) in [5.41, 5.74) is 1.16. The van der Waals surface area contributed by atoms with Crippen LogP contribution >= 0.6 is 15.9 Å². The third-order valence-electron chi connectivity index (χ3n) is 2.87. The number of sulfonamides is 1. The van der Waals surface area contributed by atoms with Gasteiger partial charge in [-0.2, -0.15) is 12.8 Å². The predicted molar refractivity (Wildman–Crippen MR) is 81.5 cm³/mol. The number of ketones is 1. The van der Waals surface area contributed by atoms with Gasteiger partial charge in [0.15, 0.2) is 5.78 Å². The standard InChI is InChI=1S/C14H12BrNO3S/c1-9-8-12(13(15)10(2)14(9)17)16-20(18,19)11-6-4-3-5-7-11/h3-8H,1-2H3. The molecule has 0 saturated heterocycles. The van der Waals surface area contributed by atoms with Gasteiger partial charge in [-0.3, -0.25) is 4.79 Å². The summed E-state index contributed by atoms with van der Waals surface area (Å²) >= 11 is 3.23. The highest BCUT2D eigenvalue weighted by Crippen LogP contribution is 2.25. The Morgan fingerprint density at radius 1 is 1.10 bits per heavy atom. The highest BCUT2D eigenvalue weighted by molar-refractivity contribution is 9.12. The van der Waals surface area contributed by atoms with Crippen LogP contribution in [0.1, 0.15) is 13.8 Å². The molecule has 2 rings (SSSR count). The largest absolute Gasteiger partial charge is 0.289 e. The zero-order chi connectivity index (χ0) is 14.9. The quantitative estimate of drug-likeness (QED) is 0.767. The molecule has 0 amide bonds. The molecule has 104 valence electrons. The second-order valence-corrected chi connectivity index (χ2v) is 6.76. The van der Waals surface area contributed by atoms with E-state index in [1.807, 2.05) is 0 Å². The van der Waals surface area contributed by atoms with Crippen LogP contribution in [-0.4, -0.2) is 19.9 Å². The van der Waals surface area contributed by atoms with Crippen molar-refractivity contribution in [3.05, 3.63) is 52.0 Å². The van der Waals surface area contributed by atoms with Crippen LogP contribution in [0.5, 0.6) is 0 Å². The van der Waals surface area contributed by atoms with Gasteiger partial charge in [0.1, 0.15) is 0 Å². The van der Waals surface area contributed by atoms with Gasteiger partial charge in [0.05, 0.1) is 15.1 Å². The fourth-order valence-corrected chi connectivity index (χ4v) is 3.27. The summed E-state index contributed by atoms with van der Waals surface area (Å²) in [5, 5.41) is 0. The second-order valence-electron chi connectivity index (χ2n) is 4.36. The number of allylic oxidation sites excluding steroid dienone is 4. The molecule has 6 heteroatoms. The minimum atomic E-state index is -3.79. The van der Waals surface area contributed by atoms with Crippen molar-refractivity contribution in [3.63, 3.8) is 0 Å².